The summed E-state index contributed by atoms with van der Waals surface area (Å²) >= 11 is 0. The van der Waals surface area contributed by atoms with Crippen LogP contribution < -0.4 is 9.47 Å². The van der Waals surface area contributed by atoms with Crippen molar-refractivity contribution in [3.8, 4) is 11.5 Å². The maximum Gasteiger partial charge on any atom is 0.416 e. The molecular formula is C23H24F3N5O2. The molecule has 2 aromatic heterocycles. The Hall–Kier alpha value is -3.56. The lowest BCUT2D eigenvalue weighted by atomic mass is 10.1. The lowest BCUT2D eigenvalue weighted by Gasteiger charge is -2.15. The van der Waals surface area contributed by atoms with Crippen LogP contribution in [-0.2, 0) is 19.1 Å². The number of hydrogen-bond donors (Lipinski definition) is 1. The number of aryl methyl sites for hydroxylation is 1. The molecule has 0 spiro atoms. The number of ether oxygens (including phenoxy) is 2. The van der Waals surface area contributed by atoms with Gasteiger partial charge in [0.1, 0.15) is 11.5 Å². The number of benzene rings is 2. The molecule has 1 N–H and O–H groups in total. The number of fused-ring (bicyclic) bond motifs is 1. The summed E-state index contributed by atoms with van der Waals surface area (Å²) in [5.41, 5.74) is 1.51. The van der Waals surface area contributed by atoms with Crippen molar-refractivity contribution >= 4 is 10.9 Å². The molecule has 0 bridgehead atoms. The first-order chi connectivity index (χ1) is 16.0. The molecule has 174 valence electrons. The Morgan fingerprint density at radius 2 is 1.79 bits per heavy atom. The van der Waals surface area contributed by atoms with Crippen LogP contribution in [0.15, 0.2) is 48.7 Å². The standard InChI is InChI=1S/C23H24F3N5O2/c1-2-4-19-20(10-5-16-11-12-31(22(16)19)15-21-27-29-30-28-21)33-14-3-13-32-18-8-6-17(7-9-18)23(24,25)26/h5-12H,2-4,13-15H2,1H3,(H,27,28,29,30). The molecule has 0 saturated carbocycles. The van der Waals surface area contributed by atoms with Gasteiger partial charge in [-0.2, -0.15) is 18.4 Å². The minimum Gasteiger partial charge on any atom is -0.493 e. The molecule has 2 aromatic carbocycles. The van der Waals surface area contributed by atoms with Crippen LogP contribution in [0, 0.1) is 0 Å². The maximum atomic E-state index is 12.6. The van der Waals surface area contributed by atoms with Crippen molar-refractivity contribution in [3.05, 3.63) is 65.6 Å². The summed E-state index contributed by atoms with van der Waals surface area (Å²) < 4.78 is 51.6. The first-order valence-corrected chi connectivity index (χ1v) is 10.7. The highest BCUT2D eigenvalue weighted by Crippen LogP contribution is 2.31. The normalized spacial score (nSPS) is 11.8. The molecule has 7 nitrogen and oxygen atoms in total. The van der Waals surface area contributed by atoms with Crippen LogP contribution in [0.25, 0.3) is 10.9 Å². The monoisotopic (exact) mass is 459 g/mol. The van der Waals surface area contributed by atoms with Crippen molar-refractivity contribution in [2.75, 3.05) is 13.2 Å². The van der Waals surface area contributed by atoms with E-state index < -0.39 is 11.7 Å². The molecule has 4 aromatic rings. The molecule has 0 aliphatic rings. The number of tetrazole rings is 1. The van der Waals surface area contributed by atoms with E-state index in [2.05, 4.69) is 38.2 Å². The van der Waals surface area contributed by atoms with E-state index in [1.807, 2.05) is 18.3 Å². The summed E-state index contributed by atoms with van der Waals surface area (Å²) in [4.78, 5) is 0. The number of aromatic amines is 1. The van der Waals surface area contributed by atoms with Crippen LogP contribution >= 0.6 is 0 Å². The fourth-order valence-electron chi connectivity index (χ4n) is 3.69. The number of aromatic nitrogens is 5. The average molecular weight is 459 g/mol. The van der Waals surface area contributed by atoms with Crippen molar-refractivity contribution in [1.82, 2.24) is 25.2 Å². The predicted octanol–water partition coefficient (Wildman–Crippen LogP) is 5.02. The Morgan fingerprint density at radius 1 is 1.00 bits per heavy atom. The second kappa shape index (κ2) is 9.93. The lowest BCUT2D eigenvalue weighted by Crippen LogP contribution is -2.08. The fourth-order valence-corrected chi connectivity index (χ4v) is 3.69. The molecule has 4 rings (SSSR count). The molecule has 0 fully saturated rings. The van der Waals surface area contributed by atoms with E-state index >= 15 is 0 Å². The Kier molecular flexibility index (Phi) is 6.81. The van der Waals surface area contributed by atoms with E-state index in [1.54, 1.807) is 0 Å². The quantitative estimate of drug-likeness (QED) is 0.337. The van der Waals surface area contributed by atoms with Crippen LogP contribution in [0.2, 0.25) is 0 Å². The highest BCUT2D eigenvalue weighted by molar-refractivity contribution is 5.85. The van der Waals surface area contributed by atoms with Crippen LogP contribution in [0.1, 0.15) is 36.7 Å². The molecule has 0 aliphatic heterocycles. The number of rotatable bonds is 10. The molecule has 0 atom stereocenters. The molecule has 2 heterocycles. The van der Waals surface area contributed by atoms with E-state index in [0.29, 0.717) is 37.8 Å². The van der Waals surface area contributed by atoms with Gasteiger partial charge in [0.2, 0.25) is 0 Å². The van der Waals surface area contributed by atoms with E-state index in [4.69, 9.17) is 9.47 Å². The van der Waals surface area contributed by atoms with Gasteiger partial charge in [-0.3, -0.25) is 0 Å². The fraction of sp³-hybridized carbons (Fsp3) is 0.348. The third kappa shape index (κ3) is 5.44. The SMILES string of the molecule is CCCc1c(OCCCOc2ccc(C(F)(F)F)cc2)ccc2ccn(Cc3nn[nH]n3)c12. The van der Waals surface area contributed by atoms with E-state index in [9.17, 15) is 13.2 Å². The van der Waals surface area contributed by atoms with E-state index in [1.165, 1.54) is 12.1 Å². The zero-order valence-corrected chi connectivity index (χ0v) is 18.1. The number of halogens is 3. The van der Waals surface area contributed by atoms with Crippen LogP contribution in [-0.4, -0.2) is 38.4 Å². The van der Waals surface area contributed by atoms with Gasteiger partial charge in [-0.05, 0) is 48.9 Å². The Bertz CT molecular complexity index is 1170. The minimum absolute atomic E-state index is 0.338. The first kappa shape index (κ1) is 22.6. The van der Waals surface area contributed by atoms with Gasteiger partial charge in [0.05, 0.1) is 30.8 Å². The molecule has 0 radical (unpaired) electrons. The summed E-state index contributed by atoms with van der Waals surface area (Å²) in [5, 5.41) is 15.3. The largest absolute Gasteiger partial charge is 0.493 e. The van der Waals surface area contributed by atoms with E-state index in [-0.39, 0.29) is 0 Å². The lowest BCUT2D eigenvalue weighted by molar-refractivity contribution is -0.137. The molecule has 10 heteroatoms. The Balaban J connectivity index is 1.38. The molecule has 0 saturated heterocycles. The third-order valence-electron chi connectivity index (χ3n) is 5.19. The van der Waals surface area contributed by atoms with Gasteiger partial charge in [0, 0.05) is 23.6 Å². The minimum atomic E-state index is -4.35. The summed E-state index contributed by atoms with van der Waals surface area (Å²) in [6.45, 7) is 3.38. The van der Waals surface area contributed by atoms with Crippen LogP contribution in [0.5, 0.6) is 11.5 Å². The van der Waals surface area contributed by atoms with Gasteiger partial charge in [0.15, 0.2) is 5.82 Å². The predicted molar refractivity (Wildman–Crippen MR) is 116 cm³/mol. The van der Waals surface area contributed by atoms with Gasteiger partial charge >= 0.3 is 6.18 Å². The Labute approximate surface area is 188 Å². The van der Waals surface area contributed by atoms with Crippen molar-refractivity contribution in [2.45, 2.75) is 38.9 Å². The smallest absolute Gasteiger partial charge is 0.416 e. The highest BCUT2D eigenvalue weighted by atomic mass is 19.4. The van der Waals surface area contributed by atoms with Crippen molar-refractivity contribution in [1.29, 1.82) is 0 Å². The second-order valence-electron chi connectivity index (χ2n) is 7.57. The van der Waals surface area contributed by atoms with Gasteiger partial charge in [-0.25, -0.2) is 0 Å². The zero-order chi connectivity index (χ0) is 23.3. The van der Waals surface area contributed by atoms with Gasteiger partial charge in [0.25, 0.3) is 0 Å². The second-order valence-corrected chi connectivity index (χ2v) is 7.57. The summed E-state index contributed by atoms with van der Waals surface area (Å²) in [6.07, 6.45) is 0.0519. The van der Waals surface area contributed by atoms with E-state index in [0.717, 1.165) is 47.2 Å². The number of nitrogens with zero attached hydrogens (tertiary/aromatic N) is 4. The van der Waals surface area contributed by atoms with Crippen molar-refractivity contribution < 1.29 is 22.6 Å². The van der Waals surface area contributed by atoms with Crippen molar-refractivity contribution in [3.63, 3.8) is 0 Å². The molecule has 0 unspecified atom stereocenters. The third-order valence-corrected chi connectivity index (χ3v) is 5.19. The molecule has 33 heavy (non-hydrogen) atoms. The topological polar surface area (TPSA) is 77.9 Å². The average Bonchev–Trinajstić information content (AvgIpc) is 3.45. The molecular weight excluding hydrogens is 435 g/mol. The number of hydrogen-bond acceptors (Lipinski definition) is 5. The van der Waals surface area contributed by atoms with Gasteiger partial charge in [-0.1, -0.05) is 18.6 Å². The molecule has 0 aliphatic carbocycles. The highest BCUT2D eigenvalue weighted by Gasteiger charge is 2.30. The van der Waals surface area contributed by atoms with Crippen LogP contribution in [0.4, 0.5) is 13.2 Å². The van der Waals surface area contributed by atoms with Crippen molar-refractivity contribution in [2.24, 2.45) is 0 Å². The first-order valence-electron chi connectivity index (χ1n) is 10.7. The molecule has 0 amide bonds. The van der Waals surface area contributed by atoms with Gasteiger partial charge < -0.3 is 14.0 Å². The number of nitrogens with one attached hydrogen (secondary N) is 1. The maximum absolute atomic E-state index is 12.6. The van der Waals surface area contributed by atoms with Gasteiger partial charge in [-0.15, -0.1) is 10.2 Å². The zero-order valence-electron chi connectivity index (χ0n) is 18.1. The summed E-state index contributed by atoms with van der Waals surface area (Å²) in [6, 6.07) is 10.7. The number of alkyl halides is 3. The summed E-state index contributed by atoms with van der Waals surface area (Å²) in [7, 11) is 0. The van der Waals surface area contributed by atoms with Crippen LogP contribution in [0.3, 0.4) is 0 Å². The summed E-state index contributed by atoms with van der Waals surface area (Å²) in [5.74, 6) is 1.81. The Morgan fingerprint density at radius 3 is 2.48 bits per heavy atom. The number of H-pyrrole nitrogens is 1.